The summed E-state index contributed by atoms with van der Waals surface area (Å²) in [5.41, 5.74) is 9.60. The molecule has 0 amide bonds. The van der Waals surface area contributed by atoms with Crippen molar-refractivity contribution in [3.8, 4) is 33.8 Å². The number of fused-ring (bicyclic) bond motifs is 3. The summed E-state index contributed by atoms with van der Waals surface area (Å²) in [5.74, 6) is 9.23. The largest absolute Gasteiger partial charge is 0.486 e. The molecule has 8 heteroatoms. The fourth-order valence-corrected chi connectivity index (χ4v) is 11.3. The zero-order valence-corrected chi connectivity index (χ0v) is 37.7. The molecule has 0 N–H and O–H groups in total. The van der Waals surface area contributed by atoms with Crippen molar-refractivity contribution in [3.63, 3.8) is 0 Å². The van der Waals surface area contributed by atoms with Gasteiger partial charge in [0, 0.05) is 37.3 Å². The molecular weight excluding hydrogens is 929 g/mol. The standard InChI is InChI=1S/C30H26N3O2.C18H24GeN.Ir/c1-19(20-8-3-2-4-9-20)21-16-17-31-28(18-21)25-12-7-11-22-23-14-15-26(32-30(23)35-29(22)25)24-10-5-6-13-27(24)33-34;1-14(2)11-16-12-18(15-9-7-6-8-10-15)20-13-17(16)19(3,4)5;/h5-7,10-11,13-20H,2-4,8-9H2,1H3;6-9,12-14H,11H2,1-5H3;/q2*-1;. The van der Waals surface area contributed by atoms with Crippen LogP contribution in [-0.2, 0) is 26.5 Å². The predicted octanol–water partition coefficient (Wildman–Crippen LogP) is 12.9. The summed E-state index contributed by atoms with van der Waals surface area (Å²) in [7, 11) is 0. The Balaban J connectivity index is 0.000000217. The Morgan fingerprint density at radius 1 is 0.821 bits per heavy atom. The van der Waals surface area contributed by atoms with Gasteiger partial charge in [0.1, 0.15) is 5.69 Å². The molecule has 0 spiro atoms. The first-order valence-electron chi connectivity index (χ1n) is 19.7. The molecule has 289 valence electrons. The van der Waals surface area contributed by atoms with Gasteiger partial charge in [-0.25, -0.2) is 4.98 Å². The first kappa shape index (κ1) is 41.3. The maximum absolute atomic E-state index is 11.3. The van der Waals surface area contributed by atoms with Gasteiger partial charge in [0.2, 0.25) is 5.71 Å². The van der Waals surface area contributed by atoms with Gasteiger partial charge < -0.3 is 9.40 Å². The third-order valence-corrected chi connectivity index (χ3v) is 15.2. The van der Waals surface area contributed by atoms with E-state index in [4.69, 9.17) is 14.4 Å². The minimum absolute atomic E-state index is 0. The normalized spacial score (nSPS) is 13.9. The number of pyridine rings is 3. The van der Waals surface area contributed by atoms with E-state index >= 15 is 0 Å². The molecule has 0 bridgehead atoms. The Labute approximate surface area is 347 Å². The molecule has 1 atom stereocenters. The smallest absolute Gasteiger partial charge is 0.216 e. The van der Waals surface area contributed by atoms with Crippen molar-refractivity contribution in [1.29, 1.82) is 0 Å². The first-order chi connectivity index (χ1) is 26.6. The summed E-state index contributed by atoms with van der Waals surface area (Å²) in [5, 5.41) is 5.04. The van der Waals surface area contributed by atoms with Crippen LogP contribution in [-0.4, -0.2) is 28.2 Å². The van der Waals surface area contributed by atoms with Crippen LogP contribution in [0.5, 0.6) is 0 Å². The van der Waals surface area contributed by atoms with Crippen molar-refractivity contribution in [1.82, 2.24) is 15.0 Å². The molecule has 4 aromatic heterocycles. The Kier molecular flexibility index (Phi) is 13.5. The average molecular weight is 980 g/mol. The van der Waals surface area contributed by atoms with Crippen LogP contribution < -0.4 is 4.40 Å². The third kappa shape index (κ3) is 9.28. The van der Waals surface area contributed by atoms with E-state index in [1.54, 1.807) is 16.5 Å². The number of benzene rings is 3. The number of aromatic nitrogens is 3. The van der Waals surface area contributed by atoms with Crippen LogP contribution >= 0.6 is 0 Å². The van der Waals surface area contributed by atoms with E-state index in [-0.39, 0.29) is 20.1 Å². The van der Waals surface area contributed by atoms with E-state index in [2.05, 4.69) is 90.8 Å². The molecule has 4 heterocycles. The Morgan fingerprint density at radius 3 is 2.34 bits per heavy atom. The predicted molar refractivity (Wildman–Crippen MR) is 229 cm³/mol. The summed E-state index contributed by atoms with van der Waals surface area (Å²) >= 11 is -1.86. The topological polar surface area (TPSA) is 81.2 Å². The van der Waals surface area contributed by atoms with Gasteiger partial charge in [-0.3, -0.25) is 0 Å². The molecule has 0 saturated heterocycles. The molecule has 1 aliphatic carbocycles. The number of rotatable bonds is 9. The van der Waals surface area contributed by atoms with Crippen LogP contribution in [0.3, 0.4) is 0 Å². The minimum atomic E-state index is -1.86. The molecule has 1 saturated carbocycles. The quantitative estimate of drug-likeness (QED) is 0.0818. The number of hydrogen-bond donors (Lipinski definition) is 0. The molecule has 8 rings (SSSR count). The van der Waals surface area contributed by atoms with Gasteiger partial charge in [-0.2, -0.15) is 0 Å². The minimum Gasteiger partial charge on any atom is -0.486 e. The van der Waals surface area contributed by atoms with Crippen molar-refractivity contribution in [3.05, 3.63) is 132 Å². The van der Waals surface area contributed by atoms with Crippen LogP contribution in [0.1, 0.15) is 69.9 Å². The molecule has 6 nitrogen and oxygen atoms in total. The van der Waals surface area contributed by atoms with Gasteiger partial charge >= 0.3 is 126 Å². The summed E-state index contributed by atoms with van der Waals surface area (Å²) in [6.07, 6.45) is 11.8. The van der Waals surface area contributed by atoms with Crippen molar-refractivity contribution < 1.29 is 24.5 Å². The van der Waals surface area contributed by atoms with Crippen LogP contribution in [0.15, 0.2) is 113 Å². The number of furan rings is 1. The monoisotopic (exact) mass is 981 g/mol. The molecule has 7 aromatic rings. The second-order valence-corrected chi connectivity index (χ2v) is 26.9. The maximum atomic E-state index is 11.3. The molecule has 1 radical (unpaired) electrons. The van der Waals surface area contributed by atoms with Crippen molar-refractivity contribution in [2.45, 2.75) is 82.5 Å². The average Bonchev–Trinajstić information content (AvgIpc) is 3.59. The van der Waals surface area contributed by atoms with Crippen LogP contribution in [0.2, 0.25) is 17.3 Å². The molecule has 56 heavy (non-hydrogen) atoms. The van der Waals surface area contributed by atoms with Crippen molar-refractivity contribution in [2.24, 2.45) is 17.0 Å². The van der Waals surface area contributed by atoms with E-state index in [1.165, 1.54) is 43.2 Å². The van der Waals surface area contributed by atoms with E-state index in [0.717, 1.165) is 51.2 Å². The van der Waals surface area contributed by atoms with Crippen molar-refractivity contribution >= 4 is 45.4 Å². The first-order valence-corrected chi connectivity index (χ1v) is 27.0. The molecule has 3 aromatic carbocycles. The SMILES string of the molecule is CC(C)Cc1cc(-c2[c-]cccc2)nc[c]1[Ge]([CH3])([CH3])[CH3].CC(c1ccnc(-c2[c-]ccc3c2oc2nc(-c4ccccc4N=O)ccc23)c1)C1CCCCC1.[Ir]. The number of hydrogen-bond acceptors (Lipinski definition) is 6. The Bertz CT molecular complexity index is 2420. The Morgan fingerprint density at radius 2 is 1.61 bits per heavy atom. The summed E-state index contributed by atoms with van der Waals surface area (Å²) < 4.78 is 7.84. The second-order valence-electron chi connectivity index (χ2n) is 16.4. The van der Waals surface area contributed by atoms with Gasteiger partial charge in [0.15, 0.2) is 0 Å². The summed E-state index contributed by atoms with van der Waals surface area (Å²) in [6.45, 7) is 6.92. The Hall–Kier alpha value is -4.30. The number of nitroso groups, excluding NO2 is 1. The summed E-state index contributed by atoms with van der Waals surface area (Å²) in [6, 6.07) is 36.4. The van der Waals surface area contributed by atoms with Crippen molar-refractivity contribution in [2.75, 3.05) is 0 Å². The van der Waals surface area contributed by atoms with Gasteiger partial charge in [-0.15, -0.1) is 23.1 Å². The third-order valence-electron chi connectivity index (χ3n) is 10.9. The van der Waals surface area contributed by atoms with Gasteiger partial charge in [0.05, 0.1) is 11.3 Å². The second kappa shape index (κ2) is 18.3. The molecule has 1 aliphatic rings. The van der Waals surface area contributed by atoms with E-state index in [0.29, 0.717) is 34.5 Å². The zero-order valence-electron chi connectivity index (χ0n) is 33.2. The molecule has 1 unspecified atom stereocenters. The summed E-state index contributed by atoms with van der Waals surface area (Å²) in [4.78, 5) is 25.4. The van der Waals surface area contributed by atoms with Gasteiger partial charge in [0.25, 0.3) is 0 Å². The van der Waals surface area contributed by atoms with E-state index in [9.17, 15) is 4.91 Å². The van der Waals surface area contributed by atoms with E-state index < -0.39 is 13.3 Å². The van der Waals surface area contributed by atoms with Gasteiger partial charge in [-0.05, 0) is 59.8 Å². The maximum Gasteiger partial charge on any atom is 0.216 e. The molecule has 1 fully saturated rings. The fourth-order valence-electron chi connectivity index (χ4n) is 7.99. The number of nitrogens with zero attached hydrogens (tertiary/aromatic N) is 4. The molecular formula is C48H50GeIrN4O2-2. The fraction of sp³-hybridized carbons (Fsp3) is 0.312. The van der Waals surface area contributed by atoms with Crippen LogP contribution in [0, 0.1) is 28.9 Å². The molecule has 0 aliphatic heterocycles. The van der Waals surface area contributed by atoms with Gasteiger partial charge in [-0.1, -0.05) is 67.0 Å². The zero-order chi connectivity index (χ0) is 38.5. The van der Waals surface area contributed by atoms with Crippen LogP contribution in [0.4, 0.5) is 5.69 Å². The van der Waals surface area contributed by atoms with Crippen LogP contribution in [0.25, 0.3) is 55.8 Å². The van der Waals surface area contributed by atoms with E-state index in [1.807, 2.05) is 60.8 Å².